The second kappa shape index (κ2) is 7.98. The zero-order valence-electron chi connectivity index (χ0n) is 16.0. The zero-order valence-corrected chi connectivity index (χ0v) is 17.6. The van der Waals surface area contributed by atoms with Crippen LogP contribution in [0.3, 0.4) is 0 Å². The van der Waals surface area contributed by atoms with E-state index in [1.807, 2.05) is 6.07 Å². The van der Waals surface area contributed by atoms with Crippen molar-refractivity contribution in [3.63, 3.8) is 0 Å². The number of fused-ring (bicyclic) bond motifs is 1. The first-order chi connectivity index (χ1) is 14.0. The van der Waals surface area contributed by atoms with Crippen LogP contribution in [0.1, 0.15) is 43.7 Å². The largest absolute Gasteiger partial charge is 0.481 e. The van der Waals surface area contributed by atoms with Crippen LogP contribution >= 0.6 is 15.9 Å². The molecule has 8 nitrogen and oxygen atoms in total. The molecule has 0 aliphatic heterocycles. The lowest BCUT2D eigenvalue weighted by molar-refractivity contribution is -0.138. The molecule has 1 aliphatic rings. The van der Waals surface area contributed by atoms with Crippen LogP contribution < -0.4 is 10.5 Å². The number of nitrogens with zero attached hydrogens (tertiary/aromatic N) is 4. The summed E-state index contributed by atoms with van der Waals surface area (Å²) in [5.41, 5.74) is 9.67. The number of hydrogen-bond acceptors (Lipinski definition) is 6. The topological polar surface area (TPSA) is 116 Å². The number of carbonyl (C=O) groups is 1. The van der Waals surface area contributed by atoms with E-state index in [0.29, 0.717) is 17.3 Å². The van der Waals surface area contributed by atoms with Crippen LogP contribution in [-0.4, -0.2) is 37.8 Å². The number of carboxylic acid groups (broad SMARTS) is 1. The third kappa shape index (κ3) is 3.78. The van der Waals surface area contributed by atoms with Crippen molar-refractivity contribution < 1.29 is 14.6 Å². The first kappa shape index (κ1) is 19.6. The van der Waals surface area contributed by atoms with E-state index in [-0.39, 0.29) is 18.3 Å². The molecule has 0 radical (unpaired) electrons. The monoisotopic (exact) mass is 459 g/mol. The molecule has 4 rings (SSSR count). The van der Waals surface area contributed by atoms with Crippen molar-refractivity contribution in [1.29, 1.82) is 0 Å². The third-order valence-corrected chi connectivity index (χ3v) is 6.41. The SMILES string of the molecule is COc1ccc(-c2cnn3c(N)c(Br)c(C4CCC(CC(=O)O)CC4)nc23)cn1. The molecule has 1 aliphatic carbocycles. The van der Waals surface area contributed by atoms with Crippen LogP contribution in [-0.2, 0) is 4.79 Å². The number of aliphatic carboxylic acids is 1. The summed E-state index contributed by atoms with van der Waals surface area (Å²) in [4.78, 5) is 20.2. The fraction of sp³-hybridized carbons (Fsp3) is 0.400. The van der Waals surface area contributed by atoms with Crippen molar-refractivity contribution in [2.24, 2.45) is 5.92 Å². The molecule has 152 valence electrons. The molecule has 0 bridgehead atoms. The summed E-state index contributed by atoms with van der Waals surface area (Å²) in [6.07, 6.45) is 7.25. The predicted octanol–water partition coefficient (Wildman–Crippen LogP) is 3.89. The molecule has 3 heterocycles. The minimum absolute atomic E-state index is 0.235. The number of halogens is 1. The average molecular weight is 460 g/mol. The normalized spacial score (nSPS) is 19.4. The molecule has 3 aromatic rings. The predicted molar refractivity (Wildman–Crippen MR) is 112 cm³/mol. The second-order valence-corrected chi connectivity index (χ2v) is 8.19. The lowest BCUT2D eigenvalue weighted by atomic mass is 9.79. The number of aromatic nitrogens is 4. The summed E-state index contributed by atoms with van der Waals surface area (Å²) < 4.78 is 7.52. The molecule has 1 saturated carbocycles. The van der Waals surface area contributed by atoms with Crippen LogP contribution in [0.5, 0.6) is 5.88 Å². The van der Waals surface area contributed by atoms with Crippen LogP contribution in [0.15, 0.2) is 29.0 Å². The molecule has 3 aromatic heterocycles. The Bertz CT molecular complexity index is 1040. The minimum Gasteiger partial charge on any atom is -0.481 e. The van der Waals surface area contributed by atoms with Crippen molar-refractivity contribution in [2.75, 3.05) is 12.8 Å². The highest BCUT2D eigenvalue weighted by Crippen LogP contribution is 2.41. The number of ether oxygens (including phenoxy) is 1. The summed E-state index contributed by atoms with van der Waals surface area (Å²) in [6.45, 7) is 0. The molecule has 1 fully saturated rings. The van der Waals surface area contributed by atoms with E-state index < -0.39 is 5.97 Å². The number of methoxy groups -OCH3 is 1. The maximum absolute atomic E-state index is 11.0. The van der Waals surface area contributed by atoms with Gasteiger partial charge in [0.15, 0.2) is 5.65 Å². The third-order valence-electron chi connectivity index (χ3n) is 5.60. The Morgan fingerprint density at radius 2 is 2.07 bits per heavy atom. The van der Waals surface area contributed by atoms with Crippen LogP contribution in [0.25, 0.3) is 16.8 Å². The van der Waals surface area contributed by atoms with Crippen LogP contribution in [0.2, 0.25) is 0 Å². The smallest absolute Gasteiger partial charge is 0.303 e. The van der Waals surface area contributed by atoms with E-state index in [4.69, 9.17) is 20.6 Å². The standard InChI is InChI=1S/C20H22BrN5O3/c1-29-15-7-6-13(9-23-15)14-10-24-26-19(22)17(21)18(25-20(14)26)12-4-2-11(3-5-12)8-16(27)28/h6-7,9-12H,2-5,8,22H2,1H3,(H,27,28). The van der Waals surface area contributed by atoms with Crippen molar-refractivity contribution in [3.8, 4) is 17.0 Å². The average Bonchev–Trinajstić information content (AvgIpc) is 3.15. The molecule has 0 amide bonds. The van der Waals surface area contributed by atoms with Crippen molar-refractivity contribution in [3.05, 3.63) is 34.7 Å². The fourth-order valence-electron chi connectivity index (χ4n) is 4.03. The summed E-state index contributed by atoms with van der Waals surface area (Å²) in [6, 6.07) is 3.71. The Balaban J connectivity index is 1.68. The molecular formula is C20H22BrN5O3. The van der Waals surface area contributed by atoms with Gasteiger partial charge in [0.25, 0.3) is 0 Å². The number of nitrogens with two attached hydrogens (primary N) is 1. The molecular weight excluding hydrogens is 438 g/mol. The van der Waals surface area contributed by atoms with Gasteiger partial charge in [0.05, 0.1) is 23.5 Å². The fourth-order valence-corrected chi connectivity index (χ4v) is 4.62. The van der Waals surface area contributed by atoms with Gasteiger partial charge in [-0.3, -0.25) is 4.79 Å². The van der Waals surface area contributed by atoms with Gasteiger partial charge in [-0.15, -0.1) is 0 Å². The van der Waals surface area contributed by atoms with Gasteiger partial charge in [-0.05, 0) is 53.6 Å². The summed E-state index contributed by atoms with van der Waals surface area (Å²) in [7, 11) is 1.58. The Morgan fingerprint density at radius 1 is 1.31 bits per heavy atom. The lowest BCUT2D eigenvalue weighted by Gasteiger charge is -2.28. The van der Waals surface area contributed by atoms with E-state index in [0.717, 1.165) is 47.0 Å². The highest BCUT2D eigenvalue weighted by molar-refractivity contribution is 9.10. The van der Waals surface area contributed by atoms with E-state index >= 15 is 0 Å². The Kier molecular flexibility index (Phi) is 5.40. The first-order valence-corrected chi connectivity index (χ1v) is 10.3. The van der Waals surface area contributed by atoms with Gasteiger partial charge in [-0.25, -0.2) is 9.97 Å². The highest BCUT2D eigenvalue weighted by atomic mass is 79.9. The van der Waals surface area contributed by atoms with Gasteiger partial charge in [-0.2, -0.15) is 9.61 Å². The van der Waals surface area contributed by atoms with E-state index in [1.165, 1.54) is 0 Å². The lowest BCUT2D eigenvalue weighted by Crippen LogP contribution is -2.18. The molecule has 0 unspecified atom stereocenters. The maximum Gasteiger partial charge on any atom is 0.303 e. The van der Waals surface area contributed by atoms with Gasteiger partial charge in [0.1, 0.15) is 5.82 Å². The number of nitrogen functional groups attached to an aromatic ring is 1. The molecule has 0 aromatic carbocycles. The second-order valence-electron chi connectivity index (χ2n) is 7.39. The molecule has 0 atom stereocenters. The van der Waals surface area contributed by atoms with Crippen LogP contribution in [0.4, 0.5) is 5.82 Å². The number of anilines is 1. The minimum atomic E-state index is -0.726. The zero-order chi connectivity index (χ0) is 20.5. The van der Waals surface area contributed by atoms with E-state index in [9.17, 15) is 4.79 Å². The quantitative estimate of drug-likeness (QED) is 0.594. The first-order valence-electron chi connectivity index (χ1n) is 9.52. The van der Waals surface area contributed by atoms with Crippen molar-refractivity contribution in [1.82, 2.24) is 19.6 Å². The number of hydrogen-bond donors (Lipinski definition) is 2. The Labute approximate surface area is 176 Å². The van der Waals surface area contributed by atoms with Crippen LogP contribution in [0, 0.1) is 5.92 Å². The molecule has 9 heteroatoms. The van der Waals surface area contributed by atoms with E-state index in [2.05, 4.69) is 26.0 Å². The highest BCUT2D eigenvalue weighted by Gasteiger charge is 2.28. The van der Waals surface area contributed by atoms with Crippen molar-refractivity contribution >= 4 is 33.4 Å². The molecule has 3 N–H and O–H groups in total. The number of carboxylic acids is 1. The molecule has 29 heavy (non-hydrogen) atoms. The molecule has 0 saturated heterocycles. The van der Waals surface area contributed by atoms with Gasteiger partial charge in [0, 0.05) is 35.7 Å². The molecule has 0 spiro atoms. The number of rotatable bonds is 5. The Morgan fingerprint density at radius 3 is 2.69 bits per heavy atom. The van der Waals surface area contributed by atoms with E-state index in [1.54, 1.807) is 30.1 Å². The van der Waals surface area contributed by atoms with Gasteiger partial charge < -0.3 is 15.6 Å². The van der Waals surface area contributed by atoms with Crippen molar-refractivity contribution in [2.45, 2.75) is 38.0 Å². The summed E-state index contributed by atoms with van der Waals surface area (Å²) >= 11 is 3.61. The maximum atomic E-state index is 11.0. The van der Waals surface area contributed by atoms with Gasteiger partial charge >= 0.3 is 5.97 Å². The summed E-state index contributed by atoms with van der Waals surface area (Å²) in [5.74, 6) is 0.790. The van der Waals surface area contributed by atoms with Gasteiger partial charge in [0.2, 0.25) is 5.88 Å². The summed E-state index contributed by atoms with van der Waals surface area (Å²) in [5, 5.41) is 13.4. The Hall–Kier alpha value is -2.68. The number of pyridine rings is 1. The van der Waals surface area contributed by atoms with Gasteiger partial charge in [-0.1, -0.05) is 0 Å².